The molecule has 10 heteroatoms. The first-order valence-electron chi connectivity index (χ1n) is 9.95. The molecule has 0 spiro atoms. The van der Waals surface area contributed by atoms with Gasteiger partial charge in [0.1, 0.15) is 5.75 Å². The lowest BCUT2D eigenvalue weighted by Gasteiger charge is -2.17. The molecule has 0 saturated carbocycles. The Hall–Kier alpha value is -4.21. The molecule has 1 saturated heterocycles. The summed E-state index contributed by atoms with van der Waals surface area (Å²) in [4.78, 5) is 38.9. The third-order valence-corrected chi connectivity index (χ3v) is 4.90. The first-order valence-corrected chi connectivity index (χ1v) is 9.95. The molecule has 4 rings (SSSR count). The van der Waals surface area contributed by atoms with Crippen LogP contribution in [0.3, 0.4) is 0 Å². The number of nitrogens with two attached hydrogens (primary N) is 1. The summed E-state index contributed by atoms with van der Waals surface area (Å²) in [6.07, 6.45) is 0.0657. The smallest absolute Gasteiger partial charge is 0.311 e. The van der Waals surface area contributed by atoms with E-state index in [0.29, 0.717) is 11.4 Å². The Labute approximate surface area is 184 Å². The van der Waals surface area contributed by atoms with Gasteiger partial charge in [-0.05, 0) is 24.3 Å². The second kappa shape index (κ2) is 9.29. The van der Waals surface area contributed by atoms with Crippen molar-refractivity contribution < 1.29 is 19.1 Å². The number of carbonyl (C=O) groups is 2. The summed E-state index contributed by atoms with van der Waals surface area (Å²) in [5.41, 5.74) is 7.22. The number of ether oxygens (including phenoxy) is 2. The Morgan fingerprint density at radius 3 is 2.75 bits per heavy atom. The molecule has 10 nitrogen and oxygen atoms in total. The summed E-state index contributed by atoms with van der Waals surface area (Å²) in [6.45, 7) is 0.0455. The fourth-order valence-electron chi connectivity index (χ4n) is 3.36. The highest BCUT2D eigenvalue weighted by Crippen LogP contribution is 2.28. The lowest BCUT2D eigenvalue weighted by Crippen LogP contribution is -2.26. The van der Waals surface area contributed by atoms with Crippen molar-refractivity contribution in [2.75, 3.05) is 29.6 Å². The van der Waals surface area contributed by atoms with E-state index in [2.05, 4.69) is 20.3 Å². The maximum absolute atomic E-state index is 12.6. The average Bonchev–Trinajstić information content (AvgIpc) is 3.19. The second-order valence-corrected chi connectivity index (χ2v) is 7.14. The maximum Gasteiger partial charge on any atom is 0.311 e. The fourth-order valence-corrected chi connectivity index (χ4v) is 3.36. The minimum Gasteiger partial charge on any atom is -0.497 e. The molecule has 0 radical (unpaired) electrons. The van der Waals surface area contributed by atoms with E-state index in [9.17, 15) is 9.59 Å². The molecular weight excluding hydrogens is 412 g/mol. The standard InChI is InChI=1S/C22H22N6O4/c1-31-17-9-5-8-16(11-17)28-12-14(10-19(28)29)20(30)32-13-18-25-21(23)27-22(26-18)24-15-6-3-2-4-7-15/h2-9,11,14H,10,12-13H2,1H3,(H3,23,24,25,26,27). The molecule has 1 amide bonds. The van der Waals surface area contributed by atoms with Crippen LogP contribution in [0.5, 0.6) is 5.75 Å². The number of anilines is 4. The molecule has 2 aromatic carbocycles. The first-order chi connectivity index (χ1) is 15.5. The second-order valence-electron chi connectivity index (χ2n) is 7.14. The highest BCUT2D eigenvalue weighted by Gasteiger charge is 2.36. The molecule has 0 aliphatic carbocycles. The molecule has 0 bridgehead atoms. The van der Waals surface area contributed by atoms with Crippen LogP contribution in [0.25, 0.3) is 0 Å². The normalized spacial score (nSPS) is 15.5. The van der Waals surface area contributed by atoms with Gasteiger partial charge in [0.2, 0.25) is 17.8 Å². The number of esters is 1. The number of nitrogens with zero attached hydrogens (tertiary/aromatic N) is 4. The molecule has 1 aromatic heterocycles. The van der Waals surface area contributed by atoms with E-state index in [1.54, 1.807) is 36.3 Å². The predicted octanol–water partition coefficient (Wildman–Crippen LogP) is 2.30. The van der Waals surface area contributed by atoms with Crippen molar-refractivity contribution in [3.63, 3.8) is 0 Å². The SMILES string of the molecule is COc1cccc(N2CC(C(=O)OCc3nc(N)nc(Nc4ccccc4)n3)CC2=O)c1. The topological polar surface area (TPSA) is 133 Å². The van der Waals surface area contributed by atoms with Gasteiger partial charge in [-0.1, -0.05) is 24.3 Å². The molecule has 2 heterocycles. The van der Waals surface area contributed by atoms with Crippen molar-refractivity contribution >= 4 is 35.1 Å². The molecule has 164 valence electrons. The predicted molar refractivity (Wildman–Crippen MR) is 117 cm³/mol. The van der Waals surface area contributed by atoms with Crippen molar-refractivity contribution in [2.24, 2.45) is 5.92 Å². The van der Waals surface area contributed by atoms with E-state index in [1.807, 2.05) is 30.3 Å². The number of benzene rings is 2. The van der Waals surface area contributed by atoms with Gasteiger partial charge in [0, 0.05) is 30.4 Å². The van der Waals surface area contributed by atoms with Gasteiger partial charge in [-0.2, -0.15) is 15.0 Å². The van der Waals surface area contributed by atoms with Crippen LogP contribution in [0.1, 0.15) is 12.2 Å². The Kier molecular flexibility index (Phi) is 6.11. The molecule has 1 unspecified atom stereocenters. The van der Waals surface area contributed by atoms with Crippen molar-refractivity contribution in [3.8, 4) is 5.75 Å². The van der Waals surface area contributed by atoms with Crippen LogP contribution in [0, 0.1) is 5.92 Å². The number of amides is 1. The van der Waals surface area contributed by atoms with Gasteiger partial charge in [0.15, 0.2) is 12.4 Å². The van der Waals surface area contributed by atoms with Crippen LogP contribution in [0.2, 0.25) is 0 Å². The number of hydrogen-bond acceptors (Lipinski definition) is 9. The summed E-state index contributed by atoms with van der Waals surface area (Å²) < 4.78 is 10.6. The molecule has 1 fully saturated rings. The Balaban J connectivity index is 1.38. The highest BCUT2D eigenvalue weighted by molar-refractivity contribution is 5.99. The number of nitrogen functional groups attached to an aromatic ring is 1. The zero-order chi connectivity index (χ0) is 22.5. The highest BCUT2D eigenvalue weighted by atomic mass is 16.5. The summed E-state index contributed by atoms with van der Waals surface area (Å²) in [5.74, 6) is -0.152. The van der Waals surface area contributed by atoms with Gasteiger partial charge in [-0.3, -0.25) is 9.59 Å². The van der Waals surface area contributed by atoms with Crippen LogP contribution in [0.15, 0.2) is 54.6 Å². The average molecular weight is 434 g/mol. The van der Waals surface area contributed by atoms with Gasteiger partial charge in [0.05, 0.1) is 13.0 Å². The lowest BCUT2D eigenvalue weighted by atomic mass is 10.1. The van der Waals surface area contributed by atoms with E-state index in [0.717, 1.165) is 5.69 Å². The number of carbonyl (C=O) groups excluding carboxylic acids is 2. The zero-order valence-corrected chi connectivity index (χ0v) is 17.4. The van der Waals surface area contributed by atoms with Crippen molar-refractivity contribution in [1.29, 1.82) is 0 Å². The van der Waals surface area contributed by atoms with Gasteiger partial charge in [-0.25, -0.2) is 0 Å². The Morgan fingerprint density at radius 2 is 1.97 bits per heavy atom. The fraction of sp³-hybridized carbons (Fsp3) is 0.227. The third kappa shape index (κ3) is 4.91. The largest absolute Gasteiger partial charge is 0.497 e. The molecular formula is C22H22N6O4. The van der Waals surface area contributed by atoms with Crippen LogP contribution in [0.4, 0.5) is 23.3 Å². The van der Waals surface area contributed by atoms with Gasteiger partial charge >= 0.3 is 5.97 Å². The summed E-state index contributed by atoms with van der Waals surface area (Å²) in [6, 6.07) is 16.5. The number of para-hydroxylation sites is 1. The zero-order valence-electron chi connectivity index (χ0n) is 17.4. The summed E-state index contributed by atoms with van der Waals surface area (Å²) >= 11 is 0. The van der Waals surface area contributed by atoms with E-state index in [4.69, 9.17) is 15.2 Å². The van der Waals surface area contributed by atoms with Gasteiger partial charge < -0.3 is 25.4 Å². The monoisotopic (exact) mass is 434 g/mol. The van der Waals surface area contributed by atoms with Gasteiger partial charge in [0.25, 0.3) is 0 Å². The summed E-state index contributed by atoms with van der Waals surface area (Å²) in [7, 11) is 1.56. The van der Waals surface area contributed by atoms with E-state index in [-0.39, 0.29) is 43.2 Å². The quantitative estimate of drug-likeness (QED) is 0.537. The molecule has 3 aromatic rings. The van der Waals surface area contributed by atoms with Crippen LogP contribution < -0.4 is 20.7 Å². The van der Waals surface area contributed by atoms with E-state index in [1.165, 1.54) is 0 Å². The molecule has 1 aliphatic heterocycles. The Morgan fingerprint density at radius 1 is 1.16 bits per heavy atom. The molecule has 1 atom stereocenters. The minimum atomic E-state index is -0.588. The van der Waals surface area contributed by atoms with Crippen molar-refractivity contribution in [2.45, 2.75) is 13.0 Å². The number of aromatic nitrogens is 3. The molecule has 32 heavy (non-hydrogen) atoms. The molecule has 3 N–H and O–H groups in total. The molecule has 1 aliphatic rings. The van der Waals surface area contributed by atoms with Crippen LogP contribution in [-0.4, -0.2) is 40.5 Å². The van der Waals surface area contributed by atoms with Crippen molar-refractivity contribution in [3.05, 3.63) is 60.4 Å². The number of nitrogens with one attached hydrogen (secondary N) is 1. The van der Waals surface area contributed by atoms with Crippen LogP contribution >= 0.6 is 0 Å². The first kappa shape index (κ1) is 21.0. The lowest BCUT2D eigenvalue weighted by molar-refractivity contribution is -0.149. The number of methoxy groups -OCH3 is 1. The third-order valence-electron chi connectivity index (χ3n) is 4.90. The summed E-state index contributed by atoms with van der Waals surface area (Å²) in [5, 5.41) is 3.02. The van der Waals surface area contributed by atoms with Crippen molar-refractivity contribution in [1.82, 2.24) is 15.0 Å². The number of rotatable bonds is 7. The maximum atomic E-state index is 12.6. The Bertz CT molecular complexity index is 1120. The number of hydrogen-bond donors (Lipinski definition) is 2. The van der Waals surface area contributed by atoms with Crippen LogP contribution in [-0.2, 0) is 20.9 Å². The van der Waals surface area contributed by atoms with E-state index >= 15 is 0 Å². The van der Waals surface area contributed by atoms with Gasteiger partial charge in [-0.15, -0.1) is 0 Å². The van der Waals surface area contributed by atoms with E-state index < -0.39 is 11.9 Å². The minimum absolute atomic E-state index is 0.00437.